The monoisotopic (exact) mass is 1210 g/mol. The van der Waals surface area contributed by atoms with Crippen molar-refractivity contribution < 1.29 is 78.3 Å². The molecule has 0 bridgehead atoms. The number of hydrogen-bond donors (Lipinski definition) is 2. The first-order chi connectivity index (χ1) is 36.5. The Bertz CT molecular complexity index is 2660. The van der Waals surface area contributed by atoms with Crippen LogP contribution in [0.2, 0.25) is 10.0 Å². The van der Waals surface area contributed by atoms with E-state index in [4.69, 9.17) is 51.6 Å². The van der Waals surface area contributed by atoms with Gasteiger partial charge in [-0.05, 0) is 47.2 Å². The number of rotatable bonds is 18. The van der Waals surface area contributed by atoms with Crippen molar-refractivity contribution in [3.8, 4) is 0 Å². The van der Waals surface area contributed by atoms with Crippen LogP contribution in [0.3, 0.4) is 0 Å². The maximum atomic E-state index is 16.2. The minimum absolute atomic E-state index is 0. The Morgan fingerprint density at radius 2 is 0.899 bits per heavy atom. The summed E-state index contributed by atoms with van der Waals surface area (Å²) in [6.07, 6.45) is -6.51. The van der Waals surface area contributed by atoms with Gasteiger partial charge in [-0.15, -0.1) is 5.60 Å². The summed E-state index contributed by atoms with van der Waals surface area (Å²) in [5, 5.41) is 33.0. The predicted molar refractivity (Wildman–Crippen MR) is 295 cm³/mol. The van der Waals surface area contributed by atoms with Gasteiger partial charge in [0, 0.05) is 33.0 Å². The van der Waals surface area contributed by atoms with E-state index < -0.39 is 77.1 Å². The third-order valence-electron chi connectivity index (χ3n) is 13.6. The van der Waals surface area contributed by atoms with Gasteiger partial charge < -0.3 is 60.7 Å². The summed E-state index contributed by atoms with van der Waals surface area (Å²) in [6.45, 7) is 12.4. The quantitative estimate of drug-likeness (QED) is 0.0641. The summed E-state index contributed by atoms with van der Waals surface area (Å²) in [6, 6.07) is 48.7. The number of alkyl halides is 4. The van der Waals surface area contributed by atoms with Crippen LogP contribution in [0.4, 0.5) is 17.6 Å². The van der Waals surface area contributed by atoms with Crippen LogP contribution in [-0.2, 0) is 66.7 Å². The molecule has 79 heavy (non-hydrogen) atoms. The molecule has 0 unspecified atom stereocenters. The molecule has 2 heterocycles. The Kier molecular flexibility index (Phi) is 26.4. The van der Waals surface area contributed by atoms with Crippen LogP contribution in [0, 0.1) is 11.8 Å². The molecule has 9 nitrogen and oxygen atoms in total. The largest absolute Gasteiger partial charge is 2.00 e. The van der Waals surface area contributed by atoms with Gasteiger partial charge in [0.15, 0.2) is 11.9 Å². The Labute approximate surface area is 499 Å². The molecule has 0 aliphatic carbocycles. The standard InChI is InChI=1S/2C29H31ClF2O4.C4H9O.BrH.Mg/c1-3-28(33)20(2)25(34-18-21-12-6-4-7-13-21)26(35-19-22-14-8-5-9-15-22)27(36-28)29(31,32)23-16-10-11-17-24(23)30;1-3-25-20(2)26(34-18-21-12-6-4-7-13-21)27(35-19-22-14-8-5-9-15-22)29(33,36-25)28(31,32)23-16-10-11-17-24(23)30;1-4(2,3)5;;/h2*4-17,20,25-27,33H,3,18-19H2,1-2H3;1-3H3;1H;/q;;-1;;+2/p-1/t20-,25-,26+,27+,28+;20-,25-,26+,27-,29-;;;/m01.../s1. The first-order valence-electron chi connectivity index (χ1n) is 25.9. The molecule has 6 aromatic carbocycles. The number of benzene rings is 6. The number of aliphatic hydroxyl groups is 2. The Balaban J connectivity index is 0.000000306. The fourth-order valence-corrected chi connectivity index (χ4v) is 9.85. The van der Waals surface area contributed by atoms with Gasteiger partial charge in [-0.25, -0.2) is 0 Å². The molecule has 2 N–H and O–H groups in total. The SMILES string of the molecule is CC(C)(C)[O-].CC[C@@]1(O)O[C@@H](C(F)(F)c2ccccc2Cl)[C@H](OCc2ccccc2)[C@@H](OCc2ccccc2)[C@@H]1C.CC[C@H]1O[C@@](O)(C(F)(F)c2ccccc2Cl)[C@H](OCc2ccccc2)[C@@H](OCc2ccccc2)[C@@H]1C.[Br-].[Mg+2]. The van der Waals surface area contributed by atoms with Crippen LogP contribution < -0.4 is 22.1 Å². The summed E-state index contributed by atoms with van der Waals surface area (Å²) in [4.78, 5) is 0. The van der Waals surface area contributed by atoms with E-state index in [0.29, 0.717) is 6.42 Å². The number of hydrogen-bond acceptors (Lipinski definition) is 9. The van der Waals surface area contributed by atoms with Crippen molar-refractivity contribution in [2.45, 2.75) is 153 Å². The van der Waals surface area contributed by atoms with Crippen LogP contribution in [0.1, 0.15) is 94.7 Å². The van der Waals surface area contributed by atoms with Crippen molar-refractivity contribution in [3.63, 3.8) is 0 Å². The van der Waals surface area contributed by atoms with Gasteiger partial charge >= 0.3 is 34.9 Å². The molecule has 10 atom stereocenters. The maximum Gasteiger partial charge on any atom is 2.00 e. The Morgan fingerprint density at radius 3 is 1.29 bits per heavy atom. The van der Waals surface area contributed by atoms with Crippen LogP contribution in [-0.4, -0.2) is 87.1 Å². The topological polar surface area (TPSA) is 119 Å². The van der Waals surface area contributed by atoms with Crippen LogP contribution in [0.15, 0.2) is 170 Å². The second kappa shape index (κ2) is 30.7. The summed E-state index contributed by atoms with van der Waals surface area (Å²) in [5.74, 6) is -13.3. The molecule has 2 aliphatic rings. The van der Waals surface area contributed by atoms with E-state index in [-0.39, 0.29) is 94.4 Å². The molecule has 6 aromatic rings. The van der Waals surface area contributed by atoms with E-state index >= 15 is 17.6 Å². The van der Waals surface area contributed by atoms with Gasteiger partial charge in [0.05, 0.1) is 44.7 Å². The zero-order valence-corrected chi connectivity index (χ0v) is 50.1. The fraction of sp³-hybridized carbons (Fsp3) is 0.419. The first-order valence-corrected chi connectivity index (χ1v) is 26.7. The van der Waals surface area contributed by atoms with E-state index in [1.165, 1.54) is 36.4 Å². The summed E-state index contributed by atoms with van der Waals surface area (Å²) < 4.78 is 101. The Hall–Kier alpha value is -3.49. The van der Waals surface area contributed by atoms with Crippen LogP contribution in [0.5, 0.6) is 0 Å². The molecule has 17 heteroatoms. The average Bonchev–Trinajstić information content (AvgIpc) is 3.58. The van der Waals surface area contributed by atoms with Crippen molar-refractivity contribution in [3.05, 3.63) is 213 Å². The van der Waals surface area contributed by atoms with E-state index in [1.807, 2.05) is 135 Å². The molecule has 0 spiro atoms. The number of ether oxygens (including phenoxy) is 6. The smallest absolute Gasteiger partial charge is 1.00 e. The third-order valence-corrected chi connectivity index (χ3v) is 14.2. The van der Waals surface area contributed by atoms with E-state index in [9.17, 15) is 15.3 Å². The molecule has 0 amide bonds. The van der Waals surface area contributed by atoms with Gasteiger partial charge in [0.2, 0.25) is 0 Å². The molecule has 424 valence electrons. The van der Waals surface area contributed by atoms with Crippen molar-refractivity contribution in [2.75, 3.05) is 0 Å². The summed E-state index contributed by atoms with van der Waals surface area (Å²) in [5.41, 5.74) is 1.68. The van der Waals surface area contributed by atoms with Gasteiger partial charge in [0.25, 0.3) is 5.79 Å². The van der Waals surface area contributed by atoms with Crippen molar-refractivity contribution >= 4 is 46.3 Å². The summed E-state index contributed by atoms with van der Waals surface area (Å²) in [7, 11) is 0. The number of halogens is 7. The minimum Gasteiger partial charge on any atom is -1.00 e. The molecule has 0 radical (unpaired) electrons. The molecule has 2 fully saturated rings. The van der Waals surface area contributed by atoms with E-state index in [1.54, 1.807) is 46.8 Å². The molecule has 0 saturated carbocycles. The second-order valence-corrected chi connectivity index (χ2v) is 21.2. The molecule has 2 aliphatic heterocycles. The van der Waals surface area contributed by atoms with Crippen molar-refractivity contribution in [1.29, 1.82) is 0 Å². The second-order valence-electron chi connectivity index (χ2n) is 20.4. The van der Waals surface area contributed by atoms with Crippen molar-refractivity contribution in [1.82, 2.24) is 0 Å². The normalized spacial score (nSPS) is 25.0. The van der Waals surface area contributed by atoms with Gasteiger partial charge in [-0.1, -0.05) is 229 Å². The minimum atomic E-state index is -3.89. The molecule has 0 aromatic heterocycles. The van der Waals surface area contributed by atoms with E-state index in [0.717, 1.165) is 22.3 Å². The maximum absolute atomic E-state index is 16.2. The molecule has 2 saturated heterocycles. The Morgan fingerprint density at radius 1 is 0.544 bits per heavy atom. The van der Waals surface area contributed by atoms with Crippen molar-refractivity contribution in [2.24, 2.45) is 11.8 Å². The van der Waals surface area contributed by atoms with Crippen LogP contribution in [0.25, 0.3) is 0 Å². The zero-order chi connectivity index (χ0) is 56.0. The predicted octanol–water partition coefficient (Wildman–Crippen LogP) is 10.2. The fourth-order valence-electron chi connectivity index (χ4n) is 9.34. The van der Waals surface area contributed by atoms with Crippen LogP contribution >= 0.6 is 23.2 Å². The molecular formula is C62H71BrCl2F4MgO9. The molecule has 8 rings (SSSR count). The summed E-state index contributed by atoms with van der Waals surface area (Å²) >= 11 is 12.4. The average molecular weight is 1210 g/mol. The van der Waals surface area contributed by atoms with E-state index in [2.05, 4.69) is 0 Å². The van der Waals surface area contributed by atoms with Gasteiger partial charge in [-0.3, -0.25) is 0 Å². The zero-order valence-electron chi connectivity index (χ0n) is 45.6. The van der Waals surface area contributed by atoms with Gasteiger partial charge in [-0.2, -0.15) is 17.6 Å². The van der Waals surface area contributed by atoms with Gasteiger partial charge in [0.1, 0.15) is 12.2 Å². The molecular weight excluding hydrogens is 1140 g/mol. The third kappa shape index (κ3) is 17.8. The first kappa shape index (κ1) is 68.0.